The van der Waals surface area contributed by atoms with Crippen LogP contribution in [0, 0.1) is 0 Å². The van der Waals surface area contributed by atoms with Crippen LogP contribution in [-0.4, -0.2) is 45.9 Å². The molecule has 1 unspecified atom stereocenters. The van der Waals surface area contributed by atoms with Crippen LogP contribution in [0.1, 0.15) is 25.0 Å². The van der Waals surface area contributed by atoms with Gasteiger partial charge in [0.2, 0.25) is 5.75 Å². The maximum atomic E-state index is 5.63. The number of ether oxygens (including phenoxy) is 4. The van der Waals surface area contributed by atoms with Crippen molar-refractivity contribution in [2.75, 3.05) is 35.0 Å². The van der Waals surface area contributed by atoms with E-state index in [1.807, 2.05) is 24.3 Å². The van der Waals surface area contributed by atoms with Gasteiger partial charge in [0.25, 0.3) is 0 Å². The predicted octanol–water partition coefficient (Wildman–Crippen LogP) is 4.17. The summed E-state index contributed by atoms with van der Waals surface area (Å²) in [6, 6.07) is 12.6. The maximum absolute atomic E-state index is 5.63. The molecule has 0 N–H and O–H groups in total. The van der Waals surface area contributed by atoms with Gasteiger partial charge in [0.1, 0.15) is 5.75 Å². The molecule has 0 fully saturated rings. The van der Waals surface area contributed by atoms with Crippen molar-refractivity contribution in [2.45, 2.75) is 32.9 Å². The van der Waals surface area contributed by atoms with Gasteiger partial charge in [-0.3, -0.25) is 4.90 Å². The average Bonchev–Trinajstić information content (AvgIpc) is 2.71. The number of nitrogens with zero attached hydrogens (tertiary/aromatic N) is 1. The van der Waals surface area contributed by atoms with Gasteiger partial charge in [-0.2, -0.15) is 0 Å². The van der Waals surface area contributed by atoms with E-state index < -0.39 is 0 Å². The quantitative estimate of drug-likeness (QED) is 0.625. The number of likely N-dealkylation sites (N-methyl/N-ethyl adjacent to an activating group) is 1. The Labute approximate surface area is 162 Å². The van der Waals surface area contributed by atoms with Gasteiger partial charge >= 0.3 is 0 Å². The smallest absolute Gasteiger partial charge is 0.203 e. The number of methoxy groups -OCH3 is 4. The molecule has 0 heterocycles. The second kappa shape index (κ2) is 10.1. The van der Waals surface area contributed by atoms with Crippen LogP contribution in [0.4, 0.5) is 0 Å². The van der Waals surface area contributed by atoms with Crippen LogP contribution in [0.15, 0.2) is 36.4 Å². The largest absolute Gasteiger partial charge is 0.497 e. The van der Waals surface area contributed by atoms with Gasteiger partial charge in [-0.15, -0.1) is 0 Å². The summed E-state index contributed by atoms with van der Waals surface area (Å²) in [7, 11) is 6.62. The zero-order valence-corrected chi connectivity index (χ0v) is 17.2. The van der Waals surface area contributed by atoms with Crippen LogP contribution in [0.25, 0.3) is 0 Å². The standard InChI is InChI=1S/C22H31NO4/c1-7-23(16(2)14-17-8-11-19(24-3)12-9-17)15-18-10-13-20(25-4)22(27-6)21(18)26-5/h8-13,16H,7,14-15H2,1-6H3. The maximum Gasteiger partial charge on any atom is 0.203 e. The second-order valence-electron chi connectivity index (χ2n) is 6.46. The molecule has 2 aromatic rings. The van der Waals surface area contributed by atoms with Crippen LogP contribution in [0.5, 0.6) is 23.0 Å². The van der Waals surface area contributed by atoms with Crippen molar-refractivity contribution in [3.05, 3.63) is 47.5 Å². The minimum absolute atomic E-state index is 0.376. The molecule has 2 rings (SSSR count). The van der Waals surface area contributed by atoms with Gasteiger partial charge in [0.15, 0.2) is 11.5 Å². The fraction of sp³-hybridized carbons (Fsp3) is 0.455. The lowest BCUT2D eigenvalue weighted by Gasteiger charge is -2.29. The van der Waals surface area contributed by atoms with E-state index >= 15 is 0 Å². The summed E-state index contributed by atoms with van der Waals surface area (Å²) in [6.45, 7) is 6.14. The molecule has 148 valence electrons. The van der Waals surface area contributed by atoms with Gasteiger partial charge in [0.05, 0.1) is 28.4 Å². The van der Waals surface area contributed by atoms with Gasteiger partial charge < -0.3 is 18.9 Å². The molecule has 0 saturated heterocycles. The van der Waals surface area contributed by atoms with Crippen LogP contribution >= 0.6 is 0 Å². The van der Waals surface area contributed by atoms with Crippen molar-refractivity contribution in [3.8, 4) is 23.0 Å². The second-order valence-corrected chi connectivity index (χ2v) is 6.46. The minimum atomic E-state index is 0.376. The first-order valence-corrected chi connectivity index (χ1v) is 9.22. The van der Waals surface area contributed by atoms with Gasteiger partial charge in [-0.25, -0.2) is 0 Å². The Balaban J connectivity index is 2.17. The Kier molecular flexibility index (Phi) is 7.80. The molecule has 5 nitrogen and oxygen atoms in total. The molecule has 0 amide bonds. The van der Waals surface area contributed by atoms with Gasteiger partial charge in [-0.1, -0.05) is 25.1 Å². The summed E-state index contributed by atoms with van der Waals surface area (Å²) in [5.74, 6) is 2.92. The van der Waals surface area contributed by atoms with Crippen molar-refractivity contribution in [1.29, 1.82) is 0 Å². The number of hydrogen-bond donors (Lipinski definition) is 0. The summed E-state index contributed by atoms with van der Waals surface area (Å²) in [5, 5.41) is 0. The molecule has 5 heteroatoms. The molecule has 2 aromatic carbocycles. The van der Waals surface area contributed by atoms with Gasteiger partial charge in [-0.05, 0) is 43.7 Å². The molecule has 0 aliphatic carbocycles. The lowest BCUT2D eigenvalue weighted by atomic mass is 10.0. The molecule has 27 heavy (non-hydrogen) atoms. The molecule has 0 bridgehead atoms. The molecule has 0 saturated carbocycles. The molecule has 0 aromatic heterocycles. The highest BCUT2D eigenvalue weighted by Crippen LogP contribution is 2.40. The van der Waals surface area contributed by atoms with E-state index in [4.69, 9.17) is 18.9 Å². The molecule has 0 aliphatic heterocycles. The summed E-state index contributed by atoms with van der Waals surface area (Å²) in [4.78, 5) is 2.42. The fourth-order valence-electron chi connectivity index (χ4n) is 3.32. The highest BCUT2D eigenvalue weighted by atomic mass is 16.5. The van der Waals surface area contributed by atoms with Crippen molar-refractivity contribution >= 4 is 0 Å². The summed E-state index contributed by atoms with van der Waals surface area (Å²) < 4.78 is 21.8. The average molecular weight is 373 g/mol. The molecule has 0 spiro atoms. The van der Waals surface area contributed by atoms with Gasteiger partial charge in [0, 0.05) is 18.2 Å². The number of benzene rings is 2. The zero-order valence-electron chi connectivity index (χ0n) is 17.2. The Hall–Kier alpha value is -2.40. The zero-order chi connectivity index (χ0) is 19.8. The van der Waals surface area contributed by atoms with Crippen LogP contribution in [0.2, 0.25) is 0 Å². The van der Waals surface area contributed by atoms with Crippen molar-refractivity contribution in [3.63, 3.8) is 0 Å². The monoisotopic (exact) mass is 373 g/mol. The first kappa shape index (κ1) is 20.9. The third-order valence-electron chi connectivity index (χ3n) is 4.88. The first-order valence-electron chi connectivity index (χ1n) is 9.22. The Bertz CT molecular complexity index is 715. The molecule has 0 aliphatic rings. The van der Waals surface area contributed by atoms with E-state index in [1.165, 1.54) is 5.56 Å². The fourth-order valence-corrected chi connectivity index (χ4v) is 3.32. The lowest BCUT2D eigenvalue weighted by Crippen LogP contribution is -2.34. The summed E-state index contributed by atoms with van der Waals surface area (Å²) in [5.41, 5.74) is 2.37. The Morgan fingerprint density at radius 3 is 2.00 bits per heavy atom. The van der Waals surface area contributed by atoms with Crippen molar-refractivity contribution < 1.29 is 18.9 Å². The molecule has 1 atom stereocenters. The van der Waals surface area contributed by atoms with Crippen LogP contribution in [0.3, 0.4) is 0 Å². The molecular formula is C22H31NO4. The summed E-state index contributed by atoms with van der Waals surface area (Å²) in [6.07, 6.45) is 0.966. The van der Waals surface area contributed by atoms with Crippen LogP contribution < -0.4 is 18.9 Å². The number of rotatable bonds is 10. The molecule has 0 radical (unpaired) electrons. The Morgan fingerprint density at radius 2 is 1.48 bits per heavy atom. The first-order chi connectivity index (χ1) is 13.1. The minimum Gasteiger partial charge on any atom is -0.497 e. The normalized spacial score (nSPS) is 12.0. The van der Waals surface area contributed by atoms with E-state index in [-0.39, 0.29) is 0 Å². The van der Waals surface area contributed by atoms with E-state index in [9.17, 15) is 0 Å². The van der Waals surface area contributed by atoms with E-state index in [1.54, 1.807) is 28.4 Å². The van der Waals surface area contributed by atoms with Crippen molar-refractivity contribution in [2.24, 2.45) is 0 Å². The highest BCUT2D eigenvalue weighted by molar-refractivity contribution is 5.55. The predicted molar refractivity (Wildman–Crippen MR) is 108 cm³/mol. The number of hydrogen-bond acceptors (Lipinski definition) is 5. The van der Waals surface area contributed by atoms with E-state index in [0.29, 0.717) is 17.5 Å². The third-order valence-corrected chi connectivity index (χ3v) is 4.88. The highest BCUT2D eigenvalue weighted by Gasteiger charge is 2.20. The molecular weight excluding hydrogens is 342 g/mol. The SMILES string of the molecule is CCN(Cc1ccc(OC)c(OC)c1OC)C(C)Cc1ccc(OC)cc1. The van der Waals surface area contributed by atoms with E-state index in [0.717, 1.165) is 36.6 Å². The van der Waals surface area contributed by atoms with Crippen molar-refractivity contribution in [1.82, 2.24) is 4.90 Å². The van der Waals surface area contributed by atoms with E-state index in [2.05, 4.69) is 30.9 Å². The topological polar surface area (TPSA) is 40.2 Å². The lowest BCUT2D eigenvalue weighted by molar-refractivity contribution is 0.206. The van der Waals surface area contributed by atoms with Crippen LogP contribution in [-0.2, 0) is 13.0 Å². The Morgan fingerprint density at radius 1 is 0.815 bits per heavy atom. The third kappa shape index (κ3) is 5.07. The summed E-state index contributed by atoms with van der Waals surface area (Å²) >= 11 is 0.